The van der Waals surface area contributed by atoms with Crippen molar-refractivity contribution in [2.45, 2.75) is 38.5 Å². The first-order chi connectivity index (χ1) is 11.2. The SMILES string of the molecule is CC=C[C@H]1CC[C@H](c2ccc(-c3ccc(F)c(Cl)c3)cc2)CC1. The van der Waals surface area contributed by atoms with Crippen molar-refractivity contribution in [1.82, 2.24) is 0 Å². The first-order valence-corrected chi connectivity index (χ1v) is 8.73. The van der Waals surface area contributed by atoms with Crippen molar-refractivity contribution < 1.29 is 4.39 Å². The molecule has 1 saturated carbocycles. The molecule has 23 heavy (non-hydrogen) atoms. The van der Waals surface area contributed by atoms with E-state index >= 15 is 0 Å². The Hall–Kier alpha value is -1.60. The number of benzene rings is 2. The molecule has 3 rings (SSSR count). The lowest BCUT2D eigenvalue weighted by Gasteiger charge is -2.27. The molecule has 1 aliphatic rings. The second kappa shape index (κ2) is 7.31. The van der Waals surface area contributed by atoms with Gasteiger partial charge in [0, 0.05) is 0 Å². The average molecular weight is 329 g/mol. The van der Waals surface area contributed by atoms with Crippen LogP contribution in [0, 0.1) is 11.7 Å². The van der Waals surface area contributed by atoms with E-state index in [0.29, 0.717) is 5.92 Å². The Morgan fingerprint density at radius 3 is 2.22 bits per heavy atom. The zero-order valence-electron chi connectivity index (χ0n) is 13.4. The highest BCUT2D eigenvalue weighted by Gasteiger charge is 2.20. The van der Waals surface area contributed by atoms with Crippen molar-refractivity contribution >= 4 is 11.6 Å². The highest BCUT2D eigenvalue weighted by molar-refractivity contribution is 6.31. The minimum Gasteiger partial charge on any atom is -0.205 e. The summed E-state index contributed by atoms with van der Waals surface area (Å²) in [4.78, 5) is 0. The fourth-order valence-corrected chi connectivity index (χ4v) is 3.72. The van der Waals surface area contributed by atoms with Crippen molar-refractivity contribution in [3.05, 3.63) is 71.0 Å². The molecule has 0 unspecified atom stereocenters. The van der Waals surface area contributed by atoms with Gasteiger partial charge >= 0.3 is 0 Å². The summed E-state index contributed by atoms with van der Waals surface area (Å²) in [6.45, 7) is 2.10. The van der Waals surface area contributed by atoms with Crippen LogP contribution in [-0.4, -0.2) is 0 Å². The summed E-state index contributed by atoms with van der Waals surface area (Å²) < 4.78 is 13.3. The van der Waals surface area contributed by atoms with Gasteiger partial charge in [0.1, 0.15) is 5.82 Å². The highest BCUT2D eigenvalue weighted by atomic mass is 35.5. The first-order valence-electron chi connectivity index (χ1n) is 8.35. The maximum absolute atomic E-state index is 13.3. The smallest absolute Gasteiger partial charge is 0.141 e. The molecule has 120 valence electrons. The van der Waals surface area contributed by atoms with Crippen LogP contribution in [0.15, 0.2) is 54.6 Å². The number of rotatable bonds is 3. The van der Waals surface area contributed by atoms with Crippen molar-refractivity contribution in [2.75, 3.05) is 0 Å². The number of hydrogen-bond donors (Lipinski definition) is 0. The Kier molecular flexibility index (Phi) is 5.17. The lowest BCUT2D eigenvalue weighted by atomic mass is 9.78. The Morgan fingerprint density at radius 2 is 1.61 bits per heavy atom. The third-order valence-electron chi connectivity index (χ3n) is 4.87. The third-order valence-corrected chi connectivity index (χ3v) is 5.16. The third kappa shape index (κ3) is 3.84. The largest absolute Gasteiger partial charge is 0.205 e. The van der Waals surface area contributed by atoms with E-state index in [4.69, 9.17) is 11.6 Å². The summed E-state index contributed by atoms with van der Waals surface area (Å²) in [7, 11) is 0. The highest BCUT2D eigenvalue weighted by Crippen LogP contribution is 2.37. The molecule has 0 N–H and O–H groups in total. The van der Waals surface area contributed by atoms with Gasteiger partial charge in [0.25, 0.3) is 0 Å². The number of halogens is 2. The molecule has 1 aliphatic carbocycles. The fraction of sp³-hybridized carbons (Fsp3) is 0.333. The molecule has 2 aromatic rings. The van der Waals surface area contributed by atoms with E-state index < -0.39 is 0 Å². The van der Waals surface area contributed by atoms with E-state index in [1.54, 1.807) is 12.1 Å². The van der Waals surface area contributed by atoms with E-state index in [0.717, 1.165) is 17.0 Å². The monoisotopic (exact) mass is 328 g/mol. The molecule has 0 amide bonds. The van der Waals surface area contributed by atoms with Crippen molar-refractivity contribution in [2.24, 2.45) is 5.92 Å². The predicted octanol–water partition coefficient (Wildman–Crippen LogP) is 7.00. The predicted molar refractivity (Wildman–Crippen MR) is 96.4 cm³/mol. The van der Waals surface area contributed by atoms with Gasteiger partial charge in [-0.25, -0.2) is 4.39 Å². The summed E-state index contributed by atoms with van der Waals surface area (Å²) in [6, 6.07) is 13.6. The molecule has 2 heteroatoms. The molecule has 0 saturated heterocycles. The van der Waals surface area contributed by atoms with Gasteiger partial charge < -0.3 is 0 Å². The molecule has 0 nitrogen and oxygen atoms in total. The fourth-order valence-electron chi connectivity index (χ4n) is 3.54. The van der Waals surface area contributed by atoms with Gasteiger partial charge in [-0.1, -0.05) is 54.1 Å². The molecule has 0 spiro atoms. The van der Waals surface area contributed by atoms with Crippen LogP contribution in [-0.2, 0) is 0 Å². The summed E-state index contributed by atoms with van der Waals surface area (Å²) in [5.41, 5.74) is 3.46. The second-order valence-electron chi connectivity index (χ2n) is 6.39. The molecular formula is C21H22ClF. The van der Waals surface area contributed by atoms with E-state index in [2.05, 4.69) is 43.3 Å². The van der Waals surface area contributed by atoms with E-state index in [1.165, 1.54) is 37.3 Å². The topological polar surface area (TPSA) is 0 Å². The first kappa shape index (κ1) is 16.3. The summed E-state index contributed by atoms with van der Waals surface area (Å²) in [6.07, 6.45) is 9.60. The van der Waals surface area contributed by atoms with Crippen molar-refractivity contribution in [1.29, 1.82) is 0 Å². The summed E-state index contributed by atoms with van der Waals surface area (Å²) in [5.74, 6) is 1.06. The zero-order valence-corrected chi connectivity index (χ0v) is 14.2. The summed E-state index contributed by atoms with van der Waals surface area (Å²) in [5, 5.41) is 0.175. The van der Waals surface area contributed by atoms with Crippen molar-refractivity contribution in [3.8, 4) is 11.1 Å². The minimum atomic E-state index is -0.370. The van der Waals surface area contributed by atoms with Crippen LogP contribution in [0.25, 0.3) is 11.1 Å². The van der Waals surface area contributed by atoms with Crippen LogP contribution < -0.4 is 0 Å². The lowest BCUT2D eigenvalue weighted by molar-refractivity contribution is 0.376. The van der Waals surface area contributed by atoms with Gasteiger partial charge in [0.15, 0.2) is 0 Å². The molecule has 2 aromatic carbocycles. The van der Waals surface area contributed by atoms with Crippen molar-refractivity contribution in [3.63, 3.8) is 0 Å². The quantitative estimate of drug-likeness (QED) is 0.532. The second-order valence-corrected chi connectivity index (χ2v) is 6.80. The Morgan fingerprint density at radius 1 is 0.957 bits per heavy atom. The molecule has 0 bridgehead atoms. The average Bonchev–Trinajstić information content (AvgIpc) is 2.59. The van der Waals surface area contributed by atoms with Gasteiger partial charge in [-0.3, -0.25) is 0 Å². The minimum absolute atomic E-state index is 0.175. The normalized spacial score (nSPS) is 21.7. The molecular weight excluding hydrogens is 307 g/mol. The molecule has 0 radical (unpaired) electrons. The van der Waals surface area contributed by atoms with Crippen LogP contribution in [0.1, 0.15) is 44.1 Å². The molecule has 0 aliphatic heterocycles. The Labute approximate surface area is 143 Å². The molecule has 0 heterocycles. The molecule has 0 atom stereocenters. The van der Waals surface area contributed by atoms with Crippen LogP contribution in [0.5, 0.6) is 0 Å². The zero-order chi connectivity index (χ0) is 16.2. The Bertz CT molecular complexity index is 679. The van der Waals surface area contributed by atoms with E-state index in [-0.39, 0.29) is 10.8 Å². The molecule has 1 fully saturated rings. The van der Waals surface area contributed by atoms with E-state index in [9.17, 15) is 4.39 Å². The standard InChI is InChI=1S/C21H22ClF/c1-2-3-15-4-6-16(7-5-15)17-8-10-18(11-9-17)19-12-13-21(23)20(22)14-19/h2-3,8-16H,4-7H2,1H3/t15-,16-. The van der Waals surface area contributed by atoms with Crippen LogP contribution in [0.3, 0.4) is 0 Å². The van der Waals surface area contributed by atoms with Gasteiger partial charge in [0.2, 0.25) is 0 Å². The van der Waals surface area contributed by atoms with E-state index in [1.807, 2.05) is 0 Å². The van der Waals surface area contributed by atoms with Gasteiger partial charge in [-0.15, -0.1) is 0 Å². The molecule has 0 aromatic heterocycles. The lowest BCUT2D eigenvalue weighted by Crippen LogP contribution is -2.11. The van der Waals surface area contributed by atoms with Gasteiger partial charge in [-0.05, 0) is 73.3 Å². The van der Waals surface area contributed by atoms with Crippen LogP contribution in [0.2, 0.25) is 5.02 Å². The Balaban J connectivity index is 1.71. The maximum Gasteiger partial charge on any atom is 0.141 e. The van der Waals surface area contributed by atoms with Crippen LogP contribution >= 0.6 is 11.6 Å². The van der Waals surface area contributed by atoms with Crippen LogP contribution in [0.4, 0.5) is 4.39 Å². The number of allylic oxidation sites excluding steroid dienone is 2. The van der Waals surface area contributed by atoms with Gasteiger partial charge in [-0.2, -0.15) is 0 Å². The van der Waals surface area contributed by atoms with Gasteiger partial charge in [0.05, 0.1) is 5.02 Å². The maximum atomic E-state index is 13.3. The number of hydrogen-bond acceptors (Lipinski definition) is 0. The summed E-state index contributed by atoms with van der Waals surface area (Å²) >= 11 is 5.88.